The van der Waals surface area contributed by atoms with Gasteiger partial charge in [0, 0.05) is 27.8 Å². The quantitative estimate of drug-likeness (QED) is 0.359. The summed E-state index contributed by atoms with van der Waals surface area (Å²) in [5, 5.41) is 6.05. The molecule has 0 fully saturated rings. The molecule has 0 atom stereocenters. The summed E-state index contributed by atoms with van der Waals surface area (Å²) in [6.45, 7) is 4.06. The first-order chi connectivity index (χ1) is 14.7. The summed E-state index contributed by atoms with van der Waals surface area (Å²) in [5.41, 5.74) is 3.48. The molecule has 2 aromatic carbocycles. The molecule has 0 unspecified atom stereocenters. The average molecular weight is 414 g/mol. The molecule has 5 aromatic rings. The third-order valence-corrected chi connectivity index (χ3v) is 6.19. The number of hydrogen-bond donors (Lipinski definition) is 0. The van der Waals surface area contributed by atoms with E-state index in [0.29, 0.717) is 5.39 Å². The van der Waals surface area contributed by atoms with E-state index in [9.17, 15) is 4.79 Å². The van der Waals surface area contributed by atoms with Gasteiger partial charge in [-0.3, -0.25) is 4.79 Å². The van der Waals surface area contributed by atoms with Crippen LogP contribution in [0.3, 0.4) is 0 Å². The second kappa shape index (κ2) is 7.39. The topological polar surface area (TPSA) is 60.4 Å². The van der Waals surface area contributed by atoms with Gasteiger partial charge < -0.3 is 4.42 Å². The van der Waals surface area contributed by atoms with Crippen LogP contribution < -0.4 is 5.56 Å². The van der Waals surface area contributed by atoms with Gasteiger partial charge in [-0.2, -0.15) is 9.78 Å². The number of benzene rings is 2. The van der Waals surface area contributed by atoms with Crippen LogP contribution in [-0.4, -0.2) is 15.9 Å². The zero-order valence-corrected chi connectivity index (χ0v) is 17.4. The molecule has 3 heterocycles. The van der Waals surface area contributed by atoms with E-state index >= 15 is 0 Å². The molecule has 5 rings (SSSR count). The highest BCUT2D eigenvalue weighted by atomic mass is 32.1. The molecule has 148 valence electrons. The van der Waals surface area contributed by atoms with Crippen LogP contribution in [-0.2, 0) is 6.42 Å². The van der Waals surface area contributed by atoms with Crippen LogP contribution >= 0.6 is 11.3 Å². The van der Waals surface area contributed by atoms with Crippen molar-refractivity contribution in [2.45, 2.75) is 20.3 Å². The fraction of sp³-hybridized carbons (Fsp3) is 0.125. The Labute approximate surface area is 176 Å². The molecule has 0 amide bonds. The summed E-state index contributed by atoms with van der Waals surface area (Å²) in [6, 6.07) is 17.8. The largest absolute Gasteiger partial charge is 0.460 e. The maximum atomic E-state index is 13.3. The molecule has 30 heavy (non-hydrogen) atoms. The summed E-state index contributed by atoms with van der Waals surface area (Å²) in [5.74, 6) is 0.846. The summed E-state index contributed by atoms with van der Waals surface area (Å²) in [7, 11) is 0. The lowest BCUT2D eigenvalue weighted by Gasteiger charge is -2.02. The first-order valence-electron chi connectivity index (χ1n) is 9.78. The molecule has 0 bridgehead atoms. The molecule has 0 saturated carbocycles. The lowest BCUT2D eigenvalue weighted by molar-refractivity contribution is 0.556. The maximum absolute atomic E-state index is 13.3. The number of furan rings is 1. The van der Waals surface area contributed by atoms with E-state index in [0.717, 1.165) is 49.5 Å². The second-order valence-corrected chi connectivity index (χ2v) is 8.21. The van der Waals surface area contributed by atoms with Crippen molar-refractivity contribution >= 4 is 38.7 Å². The molecule has 0 aliphatic heterocycles. The van der Waals surface area contributed by atoms with Crippen LogP contribution in [0.1, 0.15) is 23.1 Å². The van der Waals surface area contributed by atoms with Gasteiger partial charge in [0.25, 0.3) is 5.56 Å². The van der Waals surface area contributed by atoms with Crippen molar-refractivity contribution in [3.05, 3.63) is 87.5 Å². The zero-order chi connectivity index (χ0) is 20.7. The number of aromatic nitrogens is 2. The molecule has 3 aromatic heterocycles. The number of fused-ring (bicyclic) bond motifs is 2. The van der Waals surface area contributed by atoms with Crippen molar-refractivity contribution in [1.82, 2.24) is 9.66 Å². The first-order valence-corrected chi connectivity index (χ1v) is 10.6. The molecular formula is C24H19N3O2S. The molecule has 0 N–H and O–H groups in total. The monoisotopic (exact) mass is 413 g/mol. The van der Waals surface area contributed by atoms with Crippen molar-refractivity contribution in [2.24, 2.45) is 5.10 Å². The molecule has 0 radical (unpaired) electrons. The molecule has 0 spiro atoms. The first kappa shape index (κ1) is 18.5. The number of nitrogens with zero attached hydrogens (tertiary/aromatic N) is 3. The Hall–Kier alpha value is -3.51. The van der Waals surface area contributed by atoms with Crippen LogP contribution in [0.15, 0.2) is 75.2 Å². The van der Waals surface area contributed by atoms with E-state index in [1.807, 2.05) is 68.4 Å². The maximum Gasteiger partial charge on any atom is 0.283 e. The van der Waals surface area contributed by atoms with Crippen molar-refractivity contribution < 1.29 is 4.42 Å². The standard InChI is InChI=1S/C24H19N3O2S/c1-3-19-18(17-11-7-8-12-20(17)29-19)13-26-27-14-25-23-22(24(27)28)21(15(2)30-23)16-9-5-4-6-10-16/h4-14H,3H2,1-2H3/b26-13-. The minimum atomic E-state index is -0.176. The van der Waals surface area contributed by atoms with Gasteiger partial charge in [0.15, 0.2) is 0 Å². The fourth-order valence-corrected chi connectivity index (χ4v) is 4.77. The smallest absolute Gasteiger partial charge is 0.283 e. The second-order valence-electron chi connectivity index (χ2n) is 7.01. The Morgan fingerprint density at radius 3 is 2.70 bits per heavy atom. The third kappa shape index (κ3) is 2.97. The number of hydrogen-bond acceptors (Lipinski definition) is 5. The van der Waals surface area contributed by atoms with Crippen molar-refractivity contribution in [3.8, 4) is 11.1 Å². The van der Waals surface area contributed by atoms with Crippen molar-refractivity contribution in [2.75, 3.05) is 0 Å². The van der Waals surface area contributed by atoms with Gasteiger partial charge in [-0.1, -0.05) is 55.5 Å². The number of para-hydroxylation sites is 1. The summed E-state index contributed by atoms with van der Waals surface area (Å²) in [4.78, 5) is 19.6. The van der Waals surface area contributed by atoms with E-state index in [1.165, 1.54) is 22.3 Å². The molecule has 0 saturated heterocycles. The van der Waals surface area contributed by atoms with Gasteiger partial charge in [-0.25, -0.2) is 4.98 Å². The Morgan fingerprint density at radius 1 is 1.13 bits per heavy atom. The van der Waals surface area contributed by atoms with Gasteiger partial charge in [-0.15, -0.1) is 11.3 Å². The van der Waals surface area contributed by atoms with Gasteiger partial charge in [0.1, 0.15) is 22.5 Å². The highest BCUT2D eigenvalue weighted by Gasteiger charge is 2.17. The predicted molar refractivity (Wildman–Crippen MR) is 123 cm³/mol. The molecule has 5 nitrogen and oxygen atoms in total. The Balaban J connectivity index is 1.67. The SMILES string of the molecule is CCc1oc2ccccc2c1/C=N\n1cnc2sc(C)c(-c3ccccc3)c2c1=O. The van der Waals surface area contributed by atoms with Gasteiger partial charge in [-0.05, 0) is 18.6 Å². The van der Waals surface area contributed by atoms with Gasteiger partial charge in [0.05, 0.1) is 11.6 Å². The highest BCUT2D eigenvalue weighted by molar-refractivity contribution is 7.19. The number of aryl methyl sites for hydroxylation is 2. The lowest BCUT2D eigenvalue weighted by Crippen LogP contribution is -2.17. The zero-order valence-electron chi connectivity index (χ0n) is 16.6. The minimum absolute atomic E-state index is 0.176. The fourth-order valence-electron chi connectivity index (χ4n) is 3.77. The van der Waals surface area contributed by atoms with E-state index < -0.39 is 0 Å². The van der Waals surface area contributed by atoms with E-state index in [4.69, 9.17) is 4.42 Å². The molecule has 0 aliphatic carbocycles. The van der Waals surface area contributed by atoms with Gasteiger partial charge >= 0.3 is 0 Å². The molecule has 0 aliphatic rings. The van der Waals surface area contributed by atoms with Crippen LogP contribution in [0.2, 0.25) is 0 Å². The van der Waals surface area contributed by atoms with Gasteiger partial charge in [0.2, 0.25) is 0 Å². The predicted octanol–water partition coefficient (Wildman–Crippen LogP) is 5.62. The minimum Gasteiger partial charge on any atom is -0.460 e. The van der Waals surface area contributed by atoms with E-state index in [1.54, 1.807) is 6.21 Å². The number of thiophene rings is 1. The Morgan fingerprint density at radius 2 is 1.90 bits per heavy atom. The number of rotatable bonds is 4. The van der Waals surface area contributed by atoms with Crippen molar-refractivity contribution in [3.63, 3.8) is 0 Å². The van der Waals surface area contributed by atoms with E-state index in [2.05, 4.69) is 10.1 Å². The van der Waals surface area contributed by atoms with E-state index in [-0.39, 0.29) is 5.56 Å². The van der Waals surface area contributed by atoms with Crippen LogP contribution in [0.4, 0.5) is 0 Å². The van der Waals surface area contributed by atoms with Crippen LogP contribution in [0, 0.1) is 6.92 Å². The normalized spacial score (nSPS) is 11.8. The molecular weight excluding hydrogens is 394 g/mol. The summed E-state index contributed by atoms with van der Waals surface area (Å²) in [6.07, 6.45) is 3.92. The lowest BCUT2D eigenvalue weighted by atomic mass is 10.0. The Kier molecular flexibility index (Phi) is 4.56. The highest BCUT2D eigenvalue weighted by Crippen LogP contribution is 2.35. The summed E-state index contributed by atoms with van der Waals surface area (Å²) < 4.78 is 7.23. The van der Waals surface area contributed by atoms with Crippen LogP contribution in [0.25, 0.3) is 32.3 Å². The average Bonchev–Trinajstić information content (AvgIpc) is 3.31. The third-order valence-electron chi connectivity index (χ3n) is 5.18. The van der Waals surface area contributed by atoms with Crippen molar-refractivity contribution in [1.29, 1.82) is 0 Å². The van der Waals surface area contributed by atoms with Crippen LogP contribution in [0.5, 0.6) is 0 Å². The summed E-state index contributed by atoms with van der Waals surface area (Å²) >= 11 is 1.53. The Bertz CT molecular complexity index is 1460. The molecule has 6 heteroatoms.